The highest BCUT2D eigenvalue weighted by atomic mass is 35.5. The summed E-state index contributed by atoms with van der Waals surface area (Å²) in [6.45, 7) is 2.55. The van der Waals surface area contributed by atoms with Gasteiger partial charge in [0.25, 0.3) is 0 Å². The van der Waals surface area contributed by atoms with Gasteiger partial charge in [0, 0.05) is 29.1 Å². The van der Waals surface area contributed by atoms with Gasteiger partial charge in [0.2, 0.25) is 0 Å². The molecule has 3 aromatic rings. The zero-order valence-corrected chi connectivity index (χ0v) is 11.0. The van der Waals surface area contributed by atoms with Crippen molar-refractivity contribution < 1.29 is 4.74 Å². The van der Waals surface area contributed by atoms with Gasteiger partial charge < -0.3 is 9.14 Å². The molecule has 0 saturated heterocycles. The van der Waals surface area contributed by atoms with Crippen molar-refractivity contribution in [3.8, 4) is 0 Å². The van der Waals surface area contributed by atoms with E-state index in [2.05, 4.69) is 9.38 Å². The number of aryl methyl sites for hydroxylation is 1. The predicted molar refractivity (Wildman–Crippen MR) is 73.2 cm³/mol. The zero-order chi connectivity index (χ0) is 12.7. The summed E-state index contributed by atoms with van der Waals surface area (Å²) >= 11 is 6.20. The number of methoxy groups -OCH3 is 1. The summed E-state index contributed by atoms with van der Waals surface area (Å²) in [4.78, 5) is 4.63. The minimum Gasteiger partial charge on any atom is -0.378 e. The van der Waals surface area contributed by atoms with E-state index in [1.165, 1.54) is 0 Å². The summed E-state index contributed by atoms with van der Waals surface area (Å²) in [5.74, 6) is 0. The van der Waals surface area contributed by atoms with Gasteiger partial charge in [-0.3, -0.25) is 0 Å². The van der Waals surface area contributed by atoms with Gasteiger partial charge >= 0.3 is 0 Å². The van der Waals surface area contributed by atoms with E-state index in [0.717, 1.165) is 32.8 Å². The number of hydrogen-bond donors (Lipinski definition) is 0. The van der Waals surface area contributed by atoms with Crippen LogP contribution in [0.2, 0.25) is 5.02 Å². The number of halogens is 1. The second kappa shape index (κ2) is 4.26. The molecule has 0 aliphatic carbocycles. The lowest BCUT2D eigenvalue weighted by atomic mass is 10.2. The molecule has 18 heavy (non-hydrogen) atoms. The lowest BCUT2D eigenvalue weighted by Crippen LogP contribution is -1.96. The van der Waals surface area contributed by atoms with Crippen molar-refractivity contribution in [3.63, 3.8) is 0 Å². The number of rotatable bonds is 2. The molecule has 0 N–H and O–H groups in total. The molecule has 3 nitrogen and oxygen atoms in total. The van der Waals surface area contributed by atoms with Crippen LogP contribution in [0.25, 0.3) is 16.4 Å². The lowest BCUT2D eigenvalue weighted by molar-refractivity contribution is 0.180. The molecule has 0 fully saturated rings. The minimum atomic E-state index is 0.555. The summed E-state index contributed by atoms with van der Waals surface area (Å²) in [7, 11) is 1.69. The van der Waals surface area contributed by atoms with Crippen LogP contribution >= 0.6 is 11.6 Å². The van der Waals surface area contributed by atoms with Gasteiger partial charge in [-0.15, -0.1) is 0 Å². The first-order valence-electron chi connectivity index (χ1n) is 5.76. The average molecular weight is 261 g/mol. The topological polar surface area (TPSA) is 26.5 Å². The first-order valence-corrected chi connectivity index (χ1v) is 6.14. The maximum absolute atomic E-state index is 6.20. The van der Waals surface area contributed by atoms with E-state index in [4.69, 9.17) is 16.3 Å². The van der Waals surface area contributed by atoms with E-state index in [0.29, 0.717) is 6.61 Å². The van der Waals surface area contributed by atoms with Crippen molar-refractivity contribution in [2.45, 2.75) is 13.5 Å². The van der Waals surface area contributed by atoms with Gasteiger partial charge in [-0.25, -0.2) is 4.98 Å². The summed E-state index contributed by atoms with van der Waals surface area (Å²) < 4.78 is 7.29. The minimum absolute atomic E-state index is 0.555. The van der Waals surface area contributed by atoms with Crippen molar-refractivity contribution in [1.82, 2.24) is 9.38 Å². The van der Waals surface area contributed by atoms with Crippen LogP contribution in [0.4, 0.5) is 0 Å². The van der Waals surface area contributed by atoms with Gasteiger partial charge in [0.05, 0.1) is 18.0 Å². The highest BCUT2D eigenvalue weighted by Gasteiger charge is 2.11. The quantitative estimate of drug-likeness (QED) is 0.704. The molecule has 3 rings (SSSR count). The van der Waals surface area contributed by atoms with Crippen molar-refractivity contribution in [2.75, 3.05) is 7.11 Å². The normalized spacial score (nSPS) is 11.5. The van der Waals surface area contributed by atoms with Crippen LogP contribution in [-0.2, 0) is 11.3 Å². The van der Waals surface area contributed by atoms with Gasteiger partial charge in [-0.1, -0.05) is 23.7 Å². The van der Waals surface area contributed by atoms with Crippen molar-refractivity contribution >= 4 is 28.0 Å². The first kappa shape index (κ1) is 11.5. The fraction of sp³-hybridized carbons (Fsp3) is 0.214. The summed E-state index contributed by atoms with van der Waals surface area (Å²) in [5, 5.41) is 2.85. The second-order valence-electron chi connectivity index (χ2n) is 4.29. The van der Waals surface area contributed by atoms with E-state index in [1.54, 1.807) is 7.11 Å². The third kappa shape index (κ3) is 1.59. The van der Waals surface area contributed by atoms with Crippen LogP contribution in [0.5, 0.6) is 0 Å². The molecule has 0 spiro atoms. The van der Waals surface area contributed by atoms with E-state index >= 15 is 0 Å². The van der Waals surface area contributed by atoms with E-state index < -0.39 is 0 Å². The fourth-order valence-corrected chi connectivity index (χ4v) is 2.53. The van der Waals surface area contributed by atoms with Crippen LogP contribution in [0.15, 0.2) is 30.5 Å². The molecule has 1 aromatic carbocycles. The van der Waals surface area contributed by atoms with Gasteiger partial charge in [-0.05, 0) is 19.1 Å². The molecular weight excluding hydrogens is 248 g/mol. The molecule has 4 heteroatoms. The van der Waals surface area contributed by atoms with Gasteiger partial charge in [-0.2, -0.15) is 0 Å². The fourth-order valence-electron chi connectivity index (χ4n) is 2.29. The smallest absolute Gasteiger partial charge is 0.145 e. The van der Waals surface area contributed by atoms with E-state index in [9.17, 15) is 0 Å². The molecule has 92 valence electrons. The largest absolute Gasteiger partial charge is 0.378 e. The zero-order valence-electron chi connectivity index (χ0n) is 10.3. The summed E-state index contributed by atoms with van der Waals surface area (Å²) in [6.07, 6.45) is 2.00. The Kier molecular flexibility index (Phi) is 2.73. The van der Waals surface area contributed by atoms with Gasteiger partial charge in [0.15, 0.2) is 0 Å². The number of nitrogens with zero attached hydrogens (tertiary/aromatic N) is 2. The van der Waals surface area contributed by atoms with Crippen LogP contribution in [0.3, 0.4) is 0 Å². The van der Waals surface area contributed by atoms with E-state index in [-0.39, 0.29) is 0 Å². The Balaban J connectivity index is 2.42. The Labute approximate surface area is 110 Å². The molecule has 2 heterocycles. The number of pyridine rings is 1. The number of benzene rings is 1. The number of ether oxygens (including phenoxy) is 1. The molecule has 2 aromatic heterocycles. The number of imidazole rings is 1. The monoisotopic (exact) mass is 260 g/mol. The van der Waals surface area contributed by atoms with E-state index in [1.807, 2.05) is 37.4 Å². The summed E-state index contributed by atoms with van der Waals surface area (Å²) in [6, 6.07) is 7.90. The molecule has 0 atom stereocenters. The molecular formula is C14H13ClN2O. The van der Waals surface area contributed by atoms with Crippen LogP contribution in [0, 0.1) is 6.92 Å². The third-order valence-corrected chi connectivity index (χ3v) is 3.50. The Bertz CT molecular complexity index is 733. The number of fused-ring (bicyclic) bond motifs is 3. The molecule has 0 amide bonds. The molecule has 0 aliphatic heterocycles. The lowest BCUT2D eigenvalue weighted by Gasteiger charge is -2.05. The number of hydrogen-bond acceptors (Lipinski definition) is 2. The Hall–Kier alpha value is -1.58. The maximum atomic E-state index is 6.20. The van der Waals surface area contributed by atoms with Crippen molar-refractivity contribution in [3.05, 3.63) is 46.9 Å². The number of aromatic nitrogens is 2. The predicted octanol–water partition coefficient (Wildman–Crippen LogP) is 3.60. The average Bonchev–Trinajstić information content (AvgIpc) is 2.68. The highest BCUT2D eigenvalue weighted by Crippen LogP contribution is 2.27. The maximum Gasteiger partial charge on any atom is 0.145 e. The molecule has 0 bridgehead atoms. The van der Waals surface area contributed by atoms with Gasteiger partial charge in [0.1, 0.15) is 5.65 Å². The van der Waals surface area contributed by atoms with Crippen LogP contribution < -0.4 is 0 Å². The Morgan fingerprint density at radius 1 is 1.28 bits per heavy atom. The molecule has 0 radical (unpaired) electrons. The molecule has 0 saturated carbocycles. The van der Waals surface area contributed by atoms with Crippen LogP contribution in [0.1, 0.15) is 11.4 Å². The SMILES string of the molecule is COCc1c(C)nc2c3cccc(Cl)c3ccn12. The van der Waals surface area contributed by atoms with Crippen LogP contribution in [-0.4, -0.2) is 16.5 Å². The standard InChI is InChI=1S/C14H13ClN2O/c1-9-13(8-18-2)17-7-6-10-11(14(17)16-9)4-3-5-12(10)15/h3-7H,8H2,1-2H3. The molecule has 0 unspecified atom stereocenters. The Morgan fingerprint density at radius 3 is 2.89 bits per heavy atom. The second-order valence-corrected chi connectivity index (χ2v) is 4.69. The Morgan fingerprint density at radius 2 is 2.11 bits per heavy atom. The van der Waals surface area contributed by atoms with Crippen molar-refractivity contribution in [2.24, 2.45) is 0 Å². The summed E-state index contributed by atoms with van der Waals surface area (Å²) in [5.41, 5.74) is 3.00. The molecule has 0 aliphatic rings. The van der Waals surface area contributed by atoms with Crippen molar-refractivity contribution in [1.29, 1.82) is 0 Å². The first-order chi connectivity index (χ1) is 8.72. The highest BCUT2D eigenvalue weighted by molar-refractivity contribution is 6.35. The third-order valence-electron chi connectivity index (χ3n) is 3.18.